The fourth-order valence-electron chi connectivity index (χ4n) is 5.20. The van der Waals surface area contributed by atoms with Crippen molar-refractivity contribution in [2.75, 3.05) is 57.0 Å². The van der Waals surface area contributed by atoms with Crippen molar-refractivity contribution in [1.82, 2.24) is 0 Å². The van der Waals surface area contributed by atoms with Crippen LogP contribution in [-0.4, -0.2) is 78.2 Å². The fourth-order valence-corrected chi connectivity index (χ4v) is 8.39. The normalized spacial score (nSPS) is 11.6. The number of amides is 2. The molecule has 0 aliphatic heterocycles. The molecule has 23 heteroatoms. The average molecular weight is 931 g/mol. The van der Waals surface area contributed by atoms with Crippen LogP contribution < -0.4 is 30.7 Å². The lowest BCUT2D eigenvalue weighted by Crippen LogP contribution is -2.41. The molecule has 4 aromatic carbocycles. The lowest BCUT2D eigenvalue weighted by molar-refractivity contribution is -0.384. The summed E-state index contributed by atoms with van der Waals surface area (Å²) in [6.45, 7) is 14.8. The van der Waals surface area contributed by atoms with E-state index in [1.165, 1.54) is 92.7 Å². The summed E-state index contributed by atoms with van der Waals surface area (Å²) in [5, 5.41) is 42.7. The zero-order chi connectivity index (χ0) is 47.2. The zero-order valence-corrected chi connectivity index (χ0v) is 38.6. The van der Waals surface area contributed by atoms with E-state index in [0.29, 0.717) is 49.6 Å². The minimum Gasteiger partial charge on any atom is -0.417 e. The van der Waals surface area contributed by atoms with Crippen LogP contribution in [0.15, 0.2) is 94.7 Å². The van der Waals surface area contributed by atoms with E-state index in [2.05, 4.69) is 64.6 Å². The Morgan fingerprint density at radius 3 is 1.35 bits per heavy atom. The standard InChI is InChI=1S/C23H34N4O6SSi.C17H20N4O6S/c1-17(28)25-18-8-11-20(12-9-18)34(31,32)26-19-10-13-21(22(16-19)27(29)30)24-14-7-15-33-35(5,6)23(2,3)4;1-12(23)19-13-3-6-15(7-4-13)28(26,27)20-14-5-8-16(18-9-2-10-22)17(11-14)21(24)25/h8-13,16,24,26H,7,14-15H2,1-6H3,(H,25,28);3-8,11,18,20,22H,2,9-10H2,1H3,(H,19,23). The summed E-state index contributed by atoms with van der Waals surface area (Å²) < 4.78 is 61.2. The van der Waals surface area contributed by atoms with Gasteiger partial charge in [-0.05, 0) is 104 Å². The first kappa shape index (κ1) is 51.2. The molecule has 0 radical (unpaired) electrons. The highest BCUT2D eigenvalue weighted by molar-refractivity contribution is 7.93. The number of nitro groups is 2. The topological polar surface area (TPSA) is 290 Å². The van der Waals surface area contributed by atoms with Gasteiger partial charge in [0.2, 0.25) is 11.8 Å². The fraction of sp³-hybridized carbons (Fsp3) is 0.350. The van der Waals surface area contributed by atoms with Crippen molar-refractivity contribution in [3.8, 4) is 0 Å². The highest BCUT2D eigenvalue weighted by atomic mass is 32.2. The molecule has 0 spiro atoms. The molecule has 20 nitrogen and oxygen atoms in total. The van der Waals surface area contributed by atoms with E-state index in [4.69, 9.17) is 9.53 Å². The Bertz CT molecular complexity index is 2470. The molecule has 0 saturated carbocycles. The highest BCUT2D eigenvalue weighted by Crippen LogP contribution is 2.37. The summed E-state index contributed by atoms with van der Waals surface area (Å²) in [5.74, 6) is -0.559. The van der Waals surface area contributed by atoms with Gasteiger partial charge in [-0.1, -0.05) is 20.8 Å². The summed E-state index contributed by atoms with van der Waals surface area (Å²) in [4.78, 5) is 43.7. The third kappa shape index (κ3) is 15.9. The third-order valence-electron chi connectivity index (χ3n) is 9.42. The summed E-state index contributed by atoms with van der Waals surface area (Å²) in [6.07, 6.45) is 1.09. The lowest BCUT2D eigenvalue weighted by Gasteiger charge is -2.36. The summed E-state index contributed by atoms with van der Waals surface area (Å²) in [6, 6.07) is 19.1. The van der Waals surface area contributed by atoms with Gasteiger partial charge in [0.1, 0.15) is 11.4 Å². The van der Waals surface area contributed by atoms with Gasteiger partial charge in [0.05, 0.1) is 31.0 Å². The minimum absolute atomic E-state index is 0.0327. The van der Waals surface area contributed by atoms with Gasteiger partial charge in [0, 0.05) is 63.7 Å². The van der Waals surface area contributed by atoms with Gasteiger partial charge in [-0.15, -0.1) is 0 Å². The van der Waals surface area contributed by atoms with Crippen molar-refractivity contribution in [1.29, 1.82) is 0 Å². The molecular formula is C40H54N8O12S2Si. The van der Waals surface area contributed by atoms with Crippen LogP contribution in [0.3, 0.4) is 0 Å². The second kappa shape index (κ2) is 22.3. The van der Waals surface area contributed by atoms with Crippen LogP contribution in [0.1, 0.15) is 47.5 Å². The predicted molar refractivity (Wildman–Crippen MR) is 246 cm³/mol. The van der Waals surface area contributed by atoms with E-state index in [1.807, 2.05) is 0 Å². The van der Waals surface area contributed by atoms with Gasteiger partial charge in [0.25, 0.3) is 31.4 Å². The first-order valence-corrected chi connectivity index (χ1v) is 25.3. The lowest BCUT2D eigenvalue weighted by atomic mass is 10.2. The molecule has 0 bridgehead atoms. The molecule has 0 aromatic heterocycles. The van der Waals surface area contributed by atoms with Gasteiger partial charge in [-0.25, -0.2) is 16.8 Å². The molecule has 0 heterocycles. The van der Waals surface area contributed by atoms with E-state index < -0.39 is 38.2 Å². The number of carbonyl (C=O) groups excluding carboxylic acids is 2. The van der Waals surface area contributed by atoms with Gasteiger partial charge >= 0.3 is 0 Å². The summed E-state index contributed by atoms with van der Waals surface area (Å²) >= 11 is 0. The van der Waals surface area contributed by atoms with Gasteiger partial charge < -0.3 is 30.8 Å². The zero-order valence-electron chi connectivity index (χ0n) is 36.0. The number of nitro benzene ring substituents is 2. The van der Waals surface area contributed by atoms with E-state index in [1.54, 1.807) is 0 Å². The molecular weight excluding hydrogens is 877 g/mol. The Kier molecular flexibility index (Phi) is 18.1. The van der Waals surface area contributed by atoms with Crippen molar-refractivity contribution in [3.05, 3.63) is 105 Å². The van der Waals surface area contributed by atoms with Gasteiger partial charge in [0.15, 0.2) is 8.32 Å². The molecule has 7 N–H and O–H groups in total. The van der Waals surface area contributed by atoms with Gasteiger partial charge in [-0.3, -0.25) is 39.3 Å². The third-order valence-corrected chi connectivity index (χ3v) is 16.8. The van der Waals surface area contributed by atoms with Crippen molar-refractivity contribution < 1.29 is 45.8 Å². The first-order valence-electron chi connectivity index (χ1n) is 19.5. The monoisotopic (exact) mass is 930 g/mol. The quantitative estimate of drug-likeness (QED) is 0.0198. The second-order valence-corrected chi connectivity index (χ2v) is 23.7. The molecule has 0 saturated heterocycles. The van der Waals surface area contributed by atoms with Crippen LogP contribution >= 0.6 is 0 Å². The smallest absolute Gasteiger partial charge is 0.294 e. The van der Waals surface area contributed by atoms with Gasteiger partial charge in [-0.2, -0.15) is 0 Å². The number of sulfonamides is 2. The molecule has 0 aliphatic rings. The summed E-state index contributed by atoms with van der Waals surface area (Å²) in [7, 11) is -9.81. The van der Waals surface area contributed by atoms with Crippen molar-refractivity contribution in [3.63, 3.8) is 0 Å². The SMILES string of the molecule is CC(=O)Nc1ccc(S(=O)(=O)Nc2ccc(NCCCO)c([N+](=O)[O-])c2)cc1.CC(=O)Nc1ccc(S(=O)(=O)Nc2ccc(NCCCO[Si](C)(C)C(C)(C)C)c([N+](=O)[O-])c2)cc1. The first-order chi connectivity index (χ1) is 29.3. The maximum Gasteiger partial charge on any atom is 0.294 e. The van der Waals surface area contributed by atoms with Crippen LogP contribution in [0.4, 0.5) is 45.5 Å². The molecule has 0 atom stereocenters. The number of carbonyl (C=O) groups is 2. The maximum atomic E-state index is 12.7. The number of anilines is 6. The Morgan fingerprint density at radius 2 is 1.02 bits per heavy atom. The molecule has 0 fully saturated rings. The van der Waals surface area contributed by atoms with Crippen molar-refractivity contribution in [2.24, 2.45) is 0 Å². The van der Waals surface area contributed by atoms with E-state index in [9.17, 15) is 46.7 Å². The highest BCUT2D eigenvalue weighted by Gasteiger charge is 2.36. The number of nitrogens with zero attached hydrogens (tertiary/aromatic N) is 2. The Balaban J connectivity index is 0.000000344. The van der Waals surface area contributed by atoms with Crippen LogP contribution in [-0.2, 0) is 34.1 Å². The molecule has 0 aliphatic carbocycles. The van der Waals surface area contributed by atoms with Crippen LogP contribution in [0, 0.1) is 20.2 Å². The molecule has 4 aromatic rings. The number of hydrogen-bond acceptors (Lipinski definition) is 14. The number of nitrogens with one attached hydrogen (secondary N) is 6. The van der Waals surface area contributed by atoms with E-state index in [-0.39, 0.29) is 61.7 Å². The van der Waals surface area contributed by atoms with E-state index in [0.717, 1.165) is 6.07 Å². The number of aliphatic hydroxyl groups excluding tert-OH is 1. The molecule has 63 heavy (non-hydrogen) atoms. The number of benzene rings is 4. The second-order valence-electron chi connectivity index (χ2n) is 15.5. The Hall–Kier alpha value is -6.14. The van der Waals surface area contributed by atoms with Crippen molar-refractivity contribution >= 4 is 85.7 Å². The number of hydrogen-bond donors (Lipinski definition) is 7. The van der Waals surface area contributed by atoms with Crippen LogP contribution in [0.25, 0.3) is 0 Å². The van der Waals surface area contributed by atoms with Crippen LogP contribution in [0.5, 0.6) is 0 Å². The molecule has 2 amide bonds. The minimum atomic E-state index is -3.98. The molecule has 0 unspecified atom stereocenters. The van der Waals surface area contributed by atoms with Crippen LogP contribution in [0.2, 0.25) is 18.1 Å². The van der Waals surface area contributed by atoms with E-state index >= 15 is 0 Å². The molecule has 342 valence electrons. The number of aliphatic hydroxyl groups is 1. The number of rotatable bonds is 20. The Labute approximate surface area is 367 Å². The largest absolute Gasteiger partial charge is 0.417 e. The predicted octanol–water partition coefficient (Wildman–Crippen LogP) is 7.33. The average Bonchev–Trinajstić information content (AvgIpc) is 3.18. The molecule has 4 rings (SSSR count). The van der Waals surface area contributed by atoms with Crippen molar-refractivity contribution in [2.45, 2.75) is 75.4 Å². The summed E-state index contributed by atoms with van der Waals surface area (Å²) in [5.41, 5.74) is 0.985. The maximum absolute atomic E-state index is 12.7. The Morgan fingerprint density at radius 1 is 0.651 bits per heavy atom.